The van der Waals surface area contributed by atoms with E-state index in [2.05, 4.69) is 5.32 Å². The summed E-state index contributed by atoms with van der Waals surface area (Å²) in [5.41, 5.74) is 4.99. The second-order valence-corrected chi connectivity index (χ2v) is 3.89. The number of hydrogen-bond acceptors (Lipinski definition) is 4. The van der Waals surface area contributed by atoms with Crippen molar-refractivity contribution in [2.24, 2.45) is 5.73 Å². The molecule has 0 aliphatic carbocycles. The van der Waals surface area contributed by atoms with E-state index in [0.717, 1.165) is 0 Å². The Morgan fingerprint density at radius 3 is 2.65 bits per heavy atom. The highest BCUT2D eigenvalue weighted by Gasteiger charge is 2.41. The van der Waals surface area contributed by atoms with Crippen molar-refractivity contribution in [3.05, 3.63) is 0 Å². The van der Waals surface area contributed by atoms with E-state index in [1.165, 1.54) is 11.8 Å². The second-order valence-electron chi connectivity index (χ2n) is 3.89. The number of nitrogens with two attached hydrogens (primary N) is 1. The molecule has 1 fully saturated rings. The molecule has 2 unspecified atom stereocenters. The zero-order valence-electron chi connectivity index (χ0n) is 9.47. The van der Waals surface area contributed by atoms with Crippen LogP contribution >= 0.6 is 0 Å². The van der Waals surface area contributed by atoms with Crippen molar-refractivity contribution in [3.63, 3.8) is 0 Å². The minimum atomic E-state index is -0.779. The van der Waals surface area contributed by atoms with Gasteiger partial charge in [-0.1, -0.05) is 0 Å². The van der Waals surface area contributed by atoms with Gasteiger partial charge in [-0.2, -0.15) is 5.26 Å². The Bertz CT molecular complexity index is 388. The Balaban J connectivity index is 2.56. The lowest BCUT2D eigenvalue weighted by molar-refractivity contribution is -0.132. The predicted octanol–water partition coefficient (Wildman–Crippen LogP) is -1.51. The number of carbonyl (C=O) groups excluding carboxylic acids is 3. The van der Waals surface area contributed by atoms with Gasteiger partial charge in [0.2, 0.25) is 17.7 Å². The van der Waals surface area contributed by atoms with Crippen molar-refractivity contribution in [3.8, 4) is 6.07 Å². The van der Waals surface area contributed by atoms with Crippen molar-refractivity contribution in [1.82, 2.24) is 10.2 Å². The molecule has 0 aromatic rings. The van der Waals surface area contributed by atoms with Gasteiger partial charge in [0, 0.05) is 13.3 Å². The molecule has 0 aromatic heterocycles. The molecule has 0 bridgehead atoms. The maximum Gasteiger partial charge on any atom is 0.246 e. The van der Waals surface area contributed by atoms with Crippen molar-refractivity contribution in [2.75, 3.05) is 6.54 Å². The highest BCUT2D eigenvalue weighted by molar-refractivity contribution is 5.89. The van der Waals surface area contributed by atoms with Crippen LogP contribution in [0.15, 0.2) is 0 Å². The lowest BCUT2D eigenvalue weighted by atomic mass is 10.1. The molecule has 0 spiro atoms. The molecule has 1 aliphatic heterocycles. The standard InChI is InChI=1S/C10H14N4O3/c1-6(15)13-8(2-3-9(12)16)10(17)14-5-7(14)4-11/h7-8H,2-3,5H2,1H3,(H2,12,16)(H,13,15). The van der Waals surface area contributed by atoms with Gasteiger partial charge in [0.25, 0.3) is 0 Å². The quantitative estimate of drug-likeness (QED) is 0.566. The van der Waals surface area contributed by atoms with Gasteiger partial charge in [-0.15, -0.1) is 0 Å². The Labute approximate surface area is 98.5 Å². The number of nitriles is 1. The van der Waals surface area contributed by atoms with Crippen LogP contribution in [0.5, 0.6) is 0 Å². The highest BCUT2D eigenvalue weighted by atomic mass is 16.2. The van der Waals surface area contributed by atoms with Crippen LogP contribution in [0.25, 0.3) is 0 Å². The molecule has 0 radical (unpaired) electrons. The van der Waals surface area contributed by atoms with Crippen LogP contribution in [0.2, 0.25) is 0 Å². The molecule has 1 heterocycles. The van der Waals surface area contributed by atoms with Crippen molar-refractivity contribution in [2.45, 2.75) is 31.8 Å². The van der Waals surface area contributed by atoms with Crippen molar-refractivity contribution < 1.29 is 14.4 Å². The average Bonchev–Trinajstić information content (AvgIpc) is 3.01. The lowest BCUT2D eigenvalue weighted by Gasteiger charge is -2.16. The fourth-order valence-corrected chi connectivity index (χ4v) is 1.48. The van der Waals surface area contributed by atoms with E-state index in [-0.39, 0.29) is 24.7 Å². The Kier molecular flexibility index (Phi) is 4.04. The smallest absolute Gasteiger partial charge is 0.246 e. The number of amides is 3. The molecule has 92 valence electrons. The minimum absolute atomic E-state index is 0.0156. The maximum absolute atomic E-state index is 11.8. The van der Waals surface area contributed by atoms with Crippen LogP contribution in [0, 0.1) is 11.3 Å². The lowest BCUT2D eigenvalue weighted by Crippen LogP contribution is -2.43. The van der Waals surface area contributed by atoms with Crippen LogP contribution in [-0.2, 0) is 14.4 Å². The first-order valence-electron chi connectivity index (χ1n) is 5.21. The molecule has 1 aliphatic rings. The molecule has 17 heavy (non-hydrogen) atoms. The molecule has 0 saturated carbocycles. The Hall–Kier alpha value is -2.10. The van der Waals surface area contributed by atoms with Crippen LogP contribution in [-0.4, -0.2) is 41.2 Å². The summed E-state index contributed by atoms with van der Waals surface area (Å²) in [5, 5.41) is 11.1. The van der Waals surface area contributed by atoms with E-state index in [1.54, 1.807) is 0 Å². The van der Waals surface area contributed by atoms with Crippen LogP contribution < -0.4 is 11.1 Å². The Morgan fingerprint density at radius 2 is 2.24 bits per heavy atom. The number of rotatable bonds is 5. The zero-order valence-corrected chi connectivity index (χ0v) is 9.47. The molecule has 7 nitrogen and oxygen atoms in total. The molecular formula is C10H14N4O3. The van der Waals surface area contributed by atoms with Gasteiger partial charge >= 0.3 is 0 Å². The third-order valence-corrected chi connectivity index (χ3v) is 2.40. The first-order chi connectivity index (χ1) is 7.95. The summed E-state index contributed by atoms with van der Waals surface area (Å²) in [7, 11) is 0. The zero-order chi connectivity index (χ0) is 13.0. The predicted molar refractivity (Wildman–Crippen MR) is 57.1 cm³/mol. The van der Waals surface area contributed by atoms with Gasteiger partial charge in [0.15, 0.2) is 0 Å². The van der Waals surface area contributed by atoms with Crippen molar-refractivity contribution >= 4 is 17.7 Å². The molecule has 1 rings (SSSR count). The van der Waals surface area contributed by atoms with E-state index in [4.69, 9.17) is 11.0 Å². The van der Waals surface area contributed by atoms with E-state index in [9.17, 15) is 14.4 Å². The van der Waals surface area contributed by atoms with Crippen molar-refractivity contribution in [1.29, 1.82) is 5.26 Å². The molecule has 1 saturated heterocycles. The van der Waals surface area contributed by atoms with Gasteiger partial charge in [-0.3, -0.25) is 14.4 Å². The fourth-order valence-electron chi connectivity index (χ4n) is 1.48. The average molecular weight is 238 g/mol. The first-order valence-corrected chi connectivity index (χ1v) is 5.21. The number of primary amides is 1. The first kappa shape index (κ1) is 13.0. The number of hydrogen-bond donors (Lipinski definition) is 2. The van der Waals surface area contributed by atoms with Gasteiger partial charge in [-0.05, 0) is 6.42 Å². The minimum Gasteiger partial charge on any atom is -0.370 e. The van der Waals surface area contributed by atoms with E-state index < -0.39 is 18.0 Å². The van der Waals surface area contributed by atoms with Gasteiger partial charge in [-0.25, -0.2) is 0 Å². The largest absolute Gasteiger partial charge is 0.370 e. The maximum atomic E-state index is 11.8. The van der Waals surface area contributed by atoms with E-state index >= 15 is 0 Å². The van der Waals surface area contributed by atoms with Crippen LogP contribution in [0.4, 0.5) is 0 Å². The van der Waals surface area contributed by atoms with Crippen LogP contribution in [0.1, 0.15) is 19.8 Å². The number of nitrogens with one attached hydrogen (secondary N) is 1. The molecule has 3 amide bonds. The topological polar surface area (TPSA) is 116 Å². The summed E-state index contributed by atoms with van der Waals surface area (Å²) >= 11 is 0. The summed E-state index contributed by atoms with van der Waals surface area (Å²) in [5.74, 6) is -1.23. The highest BCUT2D eigenvalue weighted by Crippen LogP contribution is 2.18. The van der Waals surface area contributed by atoms with E-state index in [1.807, 2.05) is 6.07 Å². The fraction of sp³-hybridized carbons (Fsp3) is 0.600. The van der Waals surface area contributed by atoms with Crippen LogP contribution in [0.3, 0.4) is 0 Å². The monoisotopic (exact) mass is 238 g/mol. The van der Waals surface area contributed by atoms with E-state index in [0.29, 0.717) is 6.54 Å². The molecule has 0 aromatic carbocycles. The summed E-state index contributed by atoms with van der Waals surface area (Å²) in [4.78, 5) is 34.8. The second kappa shape index (κ2) is 5.30. The number of nitrogens with zero attached hydrogens (tertiary/aromatic N) is 2. The van der Waals surface area contributed by atoms with Gasteiger partial charge in [0.1, 0.15) is 12.1 Å². The SMILES string of the molecule is CC(=O)NC(CCC(N)=O)C(=O)N1CC1C#N. The number of carbonyl (C=O) groups is 3. The summed E-state index contributed by atoms with van der Waals surface area (Å²) in [6.45, 7) is 1.66. The summed E-state index contributed by atoms with van der Waals surface area (Å²) in [6.07, 6.45) is 0.171. The Morgan fingerprint density at radius 1 is 1.59 bits per heavy atom. The van der Waals surface area contributed by atoms with Gasteiger partial charge in [0.05, 0.1) is 12.6 Å². The molecule has 3 N–H and O–H groups in total. The van der Waals surface area contributed by atoms with Gasteiger partial charge < -0.3 is 16.0 Å². The molecule has 2 atom stereocenters. The summed E-state index contributed by atoms with van der Waals surface area (Å²) < 4.78 is 0. The normalized spacial score (nSPS) is 19.1. The molecule has 7 heteroatoms. The third-order valence-electron chi connectivity index (χ3n) is 2.40. The third kappa shape index (κ3) is 3.75. The molecular weight excluding hydrogens is 224 g/mol. The summed E-state index contributed by atoms with van der Waals surface area (Å²) in [6, 6.07) is 0.755.